The standard InChI is InChI=1S/C15H30/c1-8-14(6,7)11-12-15(9-2,10-3)13(4)5/h4,8-12H2,1-3,5-7H3. The largest absolute Gasteiger partial charge is 0.0996 e. The van der Waals surface area contributed by atoms with Gasteiger partial charge in [0.05, 0.1) is 0 Å². The van der Waals surface area contributed by atoms with E-state index in [4.69, 9.17) is 0 Å². The highest BCUT2D eigenvalue weighted by molar-refractivity contribution is 5.06. The summed E-state index contributed by atoms with van der Waals surface area (Å²) in [6.45, 7) is 18.0. The Morgan fingerprint density at radius 2 is 1.40 bits per heavy atom. The highest BCUT2D eigenvalue weighted by Gasteiger charge is 2.29. The predicted molar refractivity (Wildman–Crippen MR) is 71.1 cm³/mol. The molecular weight excluding hydrogens is 180 g/mol. The molecule has 0 rings (SSSR count). The number of allylic oxidation sites excluding steroid dienone is 1. The summed E-state index contributed by atoms with van der Waals surface area (Å²) < 4.78 is 0. The summed E-state index contributed by atoms with van der Waals surface area (Å²) >= 11 is 0. The van der Waals surface area contributed by atoms with Crippen LogP contribution in [0.2, 0.25) is 0 Å². The molecule has 0 aliphatic carbocycles. The second-order valence-corrected chi connectivity index (χ2v) is 5.79. The first-order chi connectivity index (χ1) is 6.83. The summed E-state index contributed by atoms with van der Waals surface area (Å²) in [6, 6.07) is 0. The topological polar surface area (TPSA) is 0 Å². The zero-order valence-corrected chi connectivity index (χ0v) is 11.7. The molecule has 15 heavy (non-hydrogen) atoms. The van der Waals surface area contributed by atoms with Crippen molar-refractivity contribution in [2.75, 3.05) is 0 Å². The Kier molecular flexibility index (Phi) is 5.62. The van der Waals surface area contributed by atoms with E-state index in [1.165, 1.54) is 37.7 Å². The van der Waals surface area contributed by atoms with Crippen molar-refractivity contribution in [2.24, 2.45) is 10.8 Å². The lowest BCUT2D eigenvalue weighted by Gasteiger charge is -2.36. The van der Waals surface area contributed by atoms with Crippen molar-refractivity contribution in [2.45, 2.75) is 73.6 Å². The van der Waals surface area contributed by atoms with E-state index in [-0.39, 0.29) is 0 Å². The van der Waals surface area contributed by atoms with E-state index >= 15 is 0 Å². The van der Waals surface area contributed by atoms with Crippen LogP contribution in [-0.2, 0) is 0 Å². The molecule has 0 N–H and O–H groups in total. The van der Waals surface area contributed by atoms with Crippen LogP contribution in [0.15, 0.2) is 12.2 Å². The van der Waals surface area contributed by atoms with Crippen molar-refractivity contribution < 1.29 is 0 Å². The minimum absolute atomic E-state index is 0.395. The molecule has 0 radical (unpaired) electrons. The first kappa shape index (κ1) is 14.7. The van der Waals surface area contributed by atoms with Gasteiger partial charge in [-0.3, -0.25) is 0 Å². The van der Waals surface area contributed by atoms with E-state index < -0.39 is 0 Å². The van der Waals surface area contributed by atoms with E-state index in [1.54, 1.807) is 0 Å². The molecule has 0 spiro atoms. The summed E-state index contributed by atoms with van der Waals surface area (Å²) in [5.41, 5.74) is 2.26. The monoisotopic (exact) mass is 210 g/mol. The smallest absolute Gasteiger partial charge is 0.00986 e. The SMILES string of the molecule is C=C(C)C(CC)(CC)CCC(C)(C)CC. The lowest BCUT2D eigenvalue weighted by Crippen LogP contribution is -2.23. The van der Waals surface area contributed by atoms with Crippen molar-refractivity contribution in [3.05, 3.63) is 12.2 Å². The van der Waals surface area contributed by atoms with Crippen LogP contribution < -0.4 is 0 Å². The summed E-state index contributed by atoms with van der Waals surface area (Å²) in [5, 5.41) is 0. The van der Waals surface area contributed by atoms with Crippen LogP contribution in [0.4, 0.5) is 0 Å². The molecule has 0 nitrogen and oxygen atoms in total. The first-order valence-electron chi connectivity index (χ1n) is 6.49. The maximum atomic E-state index is 4.20. The molecule has 0 heteroatoms. The van der Waals surface area contributed by atoms with E-state index in [1.807, 2.05) is 0 Å². The van der Waals surface area contributed by atoms with Gasteiger partial charge in [0, 0.05) is 0 Å². The average molecular weight is 210 g/mol. The average Bonchev–Trinajstić information content (AvgIpc) is 2.20. The molecule has 0 aromatic heterocycles. The second kappa shape index (κ2) is 5.72. The third-order valence-electron chi connectivity index (χ3n) is 4.50. The number of hydrogen-bond donors (Lipinski definition) is 0. The second-order valence-electron chi connectivity index (χ2n) is 5.79. The number of rotatable bonds is 7. The molecule has 0 fully saturated rings. The van der Waals surface area contributed by atoms with Gasteiger partial charge in [0.15, 0.2) is 0 Å². The number of hydrogen-bond acceptors (Lipinski definition) is 0. The molecule has 0 aromatic carbocycles. The Bertz CT molecular complexity index is 194. The van der Waals surface area contributed by atoms with E-state index in [0.29, 0.717) is 10.8 Å². The van der Waals surface area contributed by atoms with Gasteiger partial charge in [-0.1, -0.05) is 53.2 Å². The Labute approximate surface area is 97.2 Å². The summed E-state index contributed by atoms with van der Waals surface area (Å²) in [6.07, 6.45) is 6.36. The fourth-order valence-corrected chi connectivity index (χ4v) is 2.17. The van der Waals surface area contributed by atoms with Crippen LogP contribution in [0.5, 0.6) is 0 Å². The Hall–Kier alpha value is -0.260. The lowest BCUT2D eigenvalue weighted by atomic mass is 9.69. The van der Waals surface area contributed by atoms with Crippen molar-refractivity contribution >= 4 is 0 Å². The highest BCUT2D eigenvalue weighted by atomic mass is 14.3. The Morgan fingerprint density at radius 1 is 0.933 bits per heavy atom. The minimum atomic E-state index is 0.395. The van der Waals surface area contributed by atoms with Crippen LogP contribution in [0.1, 0.15) is 73.6 Å². The molecule has 0 saturated carbocycles. The molecular formula is C15H30. The third kappa shape index (κ3) is 4.01. The molecule has 0 heterocycles. The summed E-state index contributed by atoms with van der Waals surface area (Å²) in [7, 11) is 0. The van der Waals surface area contributed by atoms with Gasteiger partial charge < -0.3 is 0 Å². The molecule has 90 valence electrons. The highest BCUT2D eigenvalue weighted by Crippen LogP contribution is 2.42. The zero-order chi connectivity index (χ0) is 12.1. The molecule has 0 aliphatic rings. The quantitative estimate of drug-likeness (QED) is 0.481. The fraction of sp³-hybridized carbons (Fsp3) is 0.867. The molecule has 0 bridgehead atoms. The maximum Gasteiger partial charge on any atom is -0.00986 e. The maximum absolute atomic E-state index is 4.20. The van der Waals surface area contributed by atoms with Gasteiger partial charge in [-0.2, -0.15) is 0 Å². The fourth-order valence-electron chi connectivity index (χ4n) is 2.17. The summed E-state index contributed by atoms with van der Waals surface area (Å²) in [5.74, 6) is 0. The van der Waals surface area contributed by atoms with Crippen LogP contribution >= 0.6 is 0 Å². The van der Waals surface area contributed by atoms with Gasteiger partial charge in [0.2, 0.25) is 0 Å². The molecule has 0 aromatic rings. The summed E-state index contributed by atoms with van der Waals surface area (Å²) in [4.78, 5) is 0. The lowest BCUT2D eigenvalue weighted by molar-refractivity contribution is 0.220. The van der Waals surface area contributed by atoms with Gasteiger partial charge in [0.1, 0.15) is 0 Å². The van der Waals surface area contributed by atoms with Crippen molar-refractivity contribution in [3.63, 3.8) is 0 Å². The van der Waals surface area contributed by atoms with Gasteiger partial charge >= 0.3 is 0 Å². The molecule has 0 atom stereocenters. The van der Waals surface area contributed by atoms with Crippen LogP contribution in [-0.4, -0.2) is 0 Å². The Balaban J connectivity index is 4.50. The van der Waals surface area contributed by atoms with E-state index in [0.717, 1.165) is 0 Å². The molecule has 0 amide bonds. The molecule has 0 saturated heterocycles. The molecule has 0 aliphatic heterocycles. The third-order valence-corrected chi connectivity index (χ3v) is 4.50. The van der Waals surface area contributed by atoms with Crippen LogP contribution in [0.3, 0.4) is 0 Å². The minimum Gasteiger partial charge on any atom is -0.0996 e. The van der Waals surface area contributed by atoms with Crippen LogP contribution in [0, 0.1) is 10.8 Å². The van der Waals surface area contributed by atoms with Crippen molar-refractivity contribution in [1.82, 2.24) is 0 Å². The molecule has 0 unspecified atom stereocenters. The van der Waals surface area contributed by atoms with Crippen molar-refractivity contribution in [3.8, 4) is 0 Å². The zero-order valence-electron chi connectivity index (χ0n) is 11.7. The van der Waals surface area contributed by atoms with Gasteiger partial charge in [0.25, 0.3) is 0 Å². The Morgan fingerprint density at radius 3 is 1.67 bits per heavy atom. The van der Waals surface area contributed by atoms with Crippen molar-refractivity contribution in [1.29, 1.82) is 0 Å². The van der Waals surface area contributed by atoms with Gasteiger partial charge in [-0.15, -0.1) is 0 Å². The normalized spacial score (nSPS) is 12.9. The predicted octanol–water partition coefficient (Wildman–Crippen LogP) is 5.59. The van der Waals surface area contributed by atoms with E-state index in [2.05, 4.69) is 48.1 Å². The van der Waals surface area contributed by atoms with Gasteiger partial charge in [-0.25, -0.2) is 0 Å². The van der Waals surface area contributed by atoms with E-state index in [9.17, 15) is 0 Å². The first-order valence-corrected chi connectivity index (χ1v) is 6.49. The van der Waals surface area contributed by atoms with Gasteiger partial charge in [-0.05, 0) is 43.4 Å². The van der Waals surface area contributed by atoms with Crippen LogP contribution in [0.25, 0.3) is 0 Å².